The number of nitrogens with one attached hydrogen (secondary N) is 1. The van der Waals surface area contributed by atoms with Gasteiger partial charge in [-0.3, -0.25) is 0 Å². The molecule has 1 aliphatic rings. The molecule has 2 rings (SSSR count). The summed E-state index contributed by atoms with van der Waals surface area (Å²) in [5.74, 6) is 0. The predicted octanol–water partition coefficient (Wildman–Crippen LogP) is 2.96. The molecule has 0 amide bonds. The van der Waals surface area contributed by atoms with E-state index in [-0.39, 0.29) is 0 Å². The van der Waals surface area contributed by atoms with Crippen LogP contribution >= 0.6 is 0 Å². The Balaban J connectivity index is 0.000000606. The molecule has 1 nitrogen and oxygen atoms in total. The summed E-state index contributed by atoms with van der Waals surface area (Å²) in [6.07, 6.45) is 8.94. The molecule has 1 aliphatic carbocycles. The minimum atomic E-state index is 1.05. The van der Waals surface area contributed by atoms with Crippen molar-refractivity contribution in [2.24, 2.45) is 0 Å². The average Bonchev–Trinajstić information content (AvgIpc) is 2.52. The lowest BCUT2D eigenvalue weighted by Crippen LogP contribution is -2.25. The fourth-order valence-electron chi connectivity index (χ4n) is 2.02. The Morgan fingerprint density at radius 3 is 2.56 bits per heavy atom. The van der Waals surface area contributed by atoms with Gasteiger partial charge >= 0.3 is 0 Å². The van der Waals surface area contributed by atoms with E-state index in [0.717, 1.165) is 12.8 Å². The molecule has 0 spiro atoms. The number of allylic oxidation sites excluding steroid dienone is 2. The van der Waals surface area contributed by atoms with Crippen molar-refractivity contribution in [1.82, 2.24) is 4.98 Å². The summed E-state index contributed by atoms with van der Waals surface area (Å²) in [5.41, 5.74) is 4.12. The summed E-state index contributed by atoms with van der Waals surface area (Å²) in [6, 6.07) is 0. The van der Waals surface area contributed by atoms with Gasteiger partial charge in [0.1, 0.15) is 0 Å². The lowest BCUT2D eigenvalue weighted by Gasteiger charge is -1.92. The van der Waals surface area contributed by atoms with E-state index in [4.69, 9.17) is 0 Å². The molecule has 1 heterocycles. The monoisotopic (exact) mass is 217 g/mol. The summed E-state index contributed by atoms with van der Waals surface area (Å²) < 4.78 is 0. The molecule has 0 fully saturated rings. The van der Waals surface area contributed by atoms with Gasteiger partial charge < -0.3 is 4.98 Å². The van der Waals surface area contributed by atoms with Crippen LogP contribution in [0.15, 0.2) is 12.2 Å². The summed E-state index contributed by atoms with van der Waals surface area (Å²) in [5, 5.41) is 2.74. The van der Waals surface area contributed by atoms with E-state index in [1.807, 2.05) is 13.8 Å². The fraction of sp³-hybridized carbons (Fsp3) is 0.467. The number of aromatic amines is 1. The van der Waals surface area contributed by atoms with Crippen LogP contribution in [-0.4, -0.2) is 4.98 Å². The fourth-order valence-corrected chi connectivity index (χ4v) is 2.02. The van der Waals surface area contributed by atoms with Gasteiger partial charge in [0.05, 0.1) is 0 Å². The summed E-state index contributed by atoms with van der Waals surface area (Å²) >= 11 is 0. The lowest BCUT2D eigenvalue weighted by atomic mass is 10.1. The van der Waals surface area contributed by atoms with Crippen molar-refractivity contribution in [3.8, 4) is 0 Å². The van der Waals surface area contributed by atoms with Crippen LogP contribution in [0.2, 0.25) is 0 Å². The molecule has 0 saturated heterocycles. The van der Waals surface area contributed by atoms with Gasteiger partial charge in [-0.05, 0) is 43.0 Å². The number of fused-ring (bicyclic) bond motifs is 1. The quantitative estimate of drug-likeness (QED) is 0.744. The van der Waals surface area contributed by atoms with Crippen molar-refractivity contribution in [1.29, 1.82) is 0 Å². The number of aryl methyl sites for hydroxylation is 1. The van der Waals surface area contributed by atoms with Crippen LogP contribution in [0.4, 0.5) is 0 Å². The van der Waals surface area contributed by atoms with Crippen molar-refractivity contribution in [2.45, 2.75) is 47.5 Å². The van der Waals surface area contributed by atoms with Crippen LogP contribution in [0.1, 0.15) is 44.9 Å². The minimum absolute atomic E-state index is 1.05. The van der Waals surface area contributed by atoms with Gasteiger partial charge in [-0.2, -0.15) is 0 Å². The molecule has 0 saturated carbocycles. The zero-order valence-electron chi connectivity index (χ0n) is 11.1. The number of hydrogen-bond acceptors (Lipinski definition) is 0. The van der Waals surface area contributed by atoms with Crippen LogP contribution < -0.4 is 10.6 Å². The van der Waals surface area contributed by atoms with Crippen LogP contribution in [0.25, 0.3) is 11.6 Å². The second-order valence-corrected chi connectivity index (χ2v) is 3.88. The minimum Gasteiger partial charge on any atom is -0.358 e. The van der Waals surface area contributed by atoms with E-state index >= 15 is 0 Å². The van der Waals surface area contributed by atoms with E-state index in [9.17, 15) is 0 Å². The lowest BCUT2D eigenvalue weighted by molar-refractivity contribution is 1.16. The zero-order valence-corrected chi connectivity index (χ0v) is 11.1. The van der Waals surface area contributed by atoms with Gasteiger partial charge in [0.25, 0.3) is 0 Å². The maximum absolute atomic E-state index is 3.49. The first-order valence-electron chi connectivity index (χ1n) is 6.29. The van der Waals surface area contributed by atoms with E-state index < -0.39 is 0 Å². The van der Waals surface area contributed by atoms with Gasteiger partial charge in [-0.25, -0.2) is 0 Å². The van der Waals surface area contributed by atoms with Crippen molar-refractivity contribution in [3.05, 3.63) is 34.0 Å². The molecule has 0 atom stereocenters. The Hall–Kier alpha value is -1.24. The maximum Gasteiger partial charge on any atom is 0.0487 e. The van der Waals surface area contributed by atoms with Gasteiger partial charge in [0, 0.05) is 11.0 Å². The predicted molar refractivity (Wildman–Crippen MR) is 72.8 cm³/mol. The molecule has 1 heteroatoms. The number of rotatable bonds is 1. The van der Waals surface area contributed by atoms with E-state index in [1.165, 1.54) is 27.4 Å². The van der Waals surface area contributed by atoms with Gasteiger partial charge in [0.2, 0.25) is 0 Å². The molecule has 88 valence electrons. The molecular weight excluding hydrogens is 194 g/mol. The third-order valence-electron chi connectivity index (χ3n) is 3.03. The smallest absolute Gasteiger partial charge is 0.0487 e. The molecule has 1 aromatic heterocycles. The topological polar surface area (TPSA) is 15.8 Å². The molecular formula is C15H23N. The van der Waals surface area contributed by atoms with Gasteiger partial charge in [-0.1, -0.05) is 39.0 Å². The van der Waals surface area contributed by atoms with Gasteiger partial charge in [-0.15, -0.1) is 0 Å². The first-order valence-corrected chi connectivity index (χ1v) is 6.29. The van der Waals surface area contributed by atoms with E-state index in [2.05, 4.69) is 44.0 Å². The Morgan fingerprint density at radius 1 is 1.25 bits per heavy atom. The second-order valence-electron chi connectivity index (χ2n) is 3.88. The number of aromatic nitrogens is 1. The largest absolute Gasteiger partial charge is 0.358 e. The van der Waals surface area contributed by atoms with Crippen molar-refractivity contribution in [2.75, 3.05) is 0 Å². The summed E-state index contributed by atoms with van der Waals surface area (Å²) in [6.45, 7) is 10.6. The molecule has 1 aromatic rings. The number of hydrogen-bond donors (Lipinski definition) is 1. The van der Waals surface area contributed by atoms with Crippen LogP contribution in [0.3, 0.4) is 0 Å². The highest BCUT2D eigenvalue weighted by Crippen LogP contribution is 2.05. The number of H-pyrrole nitrogens is 1. The van der Waals surface area contributed by atoms with Crippen LogP contribution in [-0.2, 0) is 0 Å². The van der Waals surface area contributed by atoms with Crippen molar-refractivity contribution < 1.29 is 0 Å². The van der Waals surface area contributed by atoms with E-state index in [1.54, 1.807) is 0 Å². The molecule has 0 radical (unpaired) electrons. The summed E-state index contributed by atoms with van der Waals surface area (Å²) in [7, 11) is 0. The third kappa shape index (κ3) is 2.29. The first kappa shape index (κ1) is 12.8. The molecule has 16 heavy (non-hydrogen) atoms. The standard InChI is InChI=1S/C13H17N.C2H6/c1-4-11-7-5-6-8-12-9(2)10(3)14-13(11)12;1-2/h5,7-8,14H,4,6H2,1-3H3;1-2H3. The normalized spacial score (nSPS) is 13.4. The SMILES string of the molecule is CC.CCC1=c2[nH]c(C)c(C)c2=CCC=C1. The molecule has 0 bridgehead atoms. The zero-order chi connectivity index (χ0) is 12.1. The Labute approximate surface area is 98.6 Å². The maximum atomic E-state index is 3.49. The average molecular weight is 217 g/mol. The van der Waals surface area contributed by atoms with Crippen LogP contribution in [0, 0.1) is 13.8 Å². The molecule has 0 aliphatic heterocycles. The van der Waals surface area contributed by atoms with Crippen molar-refractivity contribution in [3.63, 3.8) is 0 Å². The van der Waals surface area contributed by atoms with Crippen molar-refractivity contribution >= 4 is 11.6 Å². The Kier molecular flexibility index (Phi) is 4.60. The molecule has 0 aromatic carbocycles. The van der Waals surface area contributed by atoms with E-state index in [0.29, 0.717) is 0 Å². The molecule has 0 unspecified atom stereocenters. The van der Waals surface area contributed by atoms with Crippen LogP contribution in [0.5, 0.6) is 0 Å². The second kappa shape index (κ2) is 5.74. The Morgan fingerprint density at radius 2 is 1.94 bits per heavy atom. The summed E-state index contributed by atoms with van der Waals surface area (Å²) in [4.78, 5) is 3.49. The first-order chi connectivity index (χ1) is 7.74. The third-order valence-corrected chi connectivity index (χ3v) is 3.03. The highest BCUT2D eigenvalue weighted by molar-refractivity contribution is 5.58. The highest BCUT2D eigenvalue weighted by atomic mass is 14.7. The Bertz CT molecular complexity index is 486. The molecule has 1 N–H and O–H groups in total. The highest BCUT2D eigenvalue weighted by Gasteiger charge is 2.03. The van der Waals surface area contributed by atoms with Gasteiger partial charge in [0.15, 0.2) is 0 Å².